The van der Waals surface area contributed by atoms with Gasteiger partial charge in [-0.2, -0.15) is 0 Å². The molecule has 0 atom stereocenters. The Hall–Kier alpha value is -2.53. The normalized spacial score (nSPS) is 15.0. The van der Waals surface area contributed by atoms with Gasteiger partial charge in [0.1, 0.15) is 6.54 Å². The van der Waals surface area contributed by atoms with E-state index in [9.17, 15) is 9.59 Å². The van der Waals surface area contributed by atoms with E-state index in [4.69, 9.17) is 0 Å². The van der Waals surface area contributed by atoms with E-state index < -0.39 is 0 Å². The van der Waals surface area contributed by atoms with Crippen LogP contribution in [0.2, 0.25) is 0 Å². The predicted octanol–water partition coefficient (Wildman–Crippen LogP) is 4.08. The van der Waals surface area contributed by atoms with Gasteiger partial charge in [-0.1, -0.05) is 67.6 Å². The molecule has 0 bridgehead atoms. The van der Waals surface area contributed by atoms with Gasteiger partial charge in [0, 0.05) is 11.4 Å². The Morgan fingerprint density at radius 3 is 2.62 bits per heavy atom. The number of nitrogens with zero attached hydrogens (tertiary/aromatic N) is 1. The number of benzene rings is 2. The van der Waals surface area contributed by atoms with Crippen molar-refractivity contribution in [2.24, 2.45) is 0 Å². The van der Waals surface area contributed by atoms with Crippen molar-refractivity contribution in [3.63, 3.8) is 0 Å². The summed E-state index contributed by atoms with van der Waals surface area (Å²) < 4.78 is 0. The molecule has 2 aromatic rings. The average Bonchev–Trinajstić information content (AvgIpc) is 2.66. The van der Waals surface area contributed by atoms with E-state index in [-0.39, 0.29) is 18.4 Å². The molecule has 5 heteroatoms. The van der Waals surface area contributed by atoms with Crippen LogP contribution in [0.1, 0.15) is 25.3 Å². The first-order chi connectivity index (χ1) is 12.7. The third-order valence-corrected chi connectivity index (χ3v) is 5.16. The Bertz CT molecular complexity index is 818. The van der Waals surface area contributed by atoms with Gasteiger partial charge in [0.15, 0.2) is 0 Å². The molecule has 0 aliphatic carbocycles. The third-order valence-electron chi connectivity index (χ3n) is 4.08. The lowest BCUT2D eigenvalue weighted by Gasteiger charge is -2.29. The molecule has 0 spiro atoms. The summed E-state index contributed by atoms with van der Waals surface area (Å²) in [4.78, 5) is 28.5. The summed E-state index contributed by atoms with van der Waals surface area (Å²) in [7, 11) is 0. The second-order valence-corrected chi connectivity index (χ2v) is 7.17. The highest BCUT2D eigenvalue weighted by Crippen LogP contribution is 2.41. The van der Waals surface area contributed by atoms with Crippen LogP contribution in [0.15, 0.2) is 64.4 Å². The van der Waals surface area contributed by atoms with Gasteiger partial charge in [-0.15, -0.1) is 0 Å². The second-order valence-electron chi connectivity index (χ2n) is 6.08. The maximum atomic E-state index is 13.0. The molecule has 2 amide bonds. The van der Waals surface area contributed by atoms with Crippen LogP contribution in [-0.4, -0.2) is 24.9 Å². The number of carbonyl (C=O) groups is 2. The summed E-state index contributed by atoms with van der Waals surface area (Å²) >= 11 is 1.45. The topological polar surface area (TPSA) is 49.4 Å². The summed E-state index contributed by atoms with van der Waals surface area (Å²) in [5.74, 6) is -0.268. The van der Waals surface area contributed by atoms with Gasteiger partial charge >= 0.3 is 0 Å². The molecule has 0 saturated carbocycles. The monoisotopic (exact) mass is 366 g/mol. The van der Waals surface area contributed by atoms with Crippen molar-refractivity contribution in [3.05, 3.63) is 65.1 Å². The van der Waals surface area contributed by atoms with Crippen LogP contribution < -0.4 is 10.2 Å². The lowest BCUT2D eigenvalue weighted by Crippen LogP contribution is -2.42. The molecule has 2 aromatic carbocycles. The van der Waals surface area contributed by atoms with Gasteiger partial charge in [-0.3, -0.25) is 14.5 Å². The molecule has 1 aliphatic heterocycles. The zero-order valence-electron chi connectivity index (χ0n) is 14.8. The van der Waals surface area contributed by atoms with Gasteiger partial charge < -0.3 is 5.32 Å². The Labute approximate surface area is 158 Å². The van der Waals surface area contributed by atoms with Gasteiger partial charge in [-0.25, -0.2) is 0 Å². The second kappa shape index (κ2) is 8.72. The Kier molecular flexibility index (Phi) is 6.12. The molecule has 0 saturated heterocycles. The molecule has 1 aliphatic rings. The fourth-order valence-corrected chi connectivity index (χ4v) is 3.78. The highest BCUT2D eigenvalue weighted by molar-refractivity contribution is 8.04. The molecule has 1 N–H and O–H groups in total. The van der Waals surface area contributed by atoms with E-state index in [1.807, 2.05) is 60.7 Å². The fraction of sp³-hybridized carbons (Fsp3) is 0.238. The van der Waals surface area contributed by atoms with Crippen molar-refractivity contribution in [3.8, 4) is 0 Å². The van der Waals surface area contributed by atoms with E-state index >= 15 is 0 Å². The number of amides is 2. The molecule has 26 heavy (non-hydrogen) atoms. The number of hydrogen-bond donors (Lipinski definition) is 1. The molecule has 0 aromatic heterocycles. The fourth-order valence-electron chi connectivity index (χ4n) is 2.72. The Morgan fingerprint density at radius 1 is 1.12 bits per heavy atom. The van der Waals surface area contributed by atoms with Crippen LogP contribution in [-0.2, 0) is 9.59 Å². The largest absolute Gasteiger partial charge is 0.355 e. The molecule has 134 valence electrons. The van der Waals surface area contributed by atoms with E-state index in [2.05, 4.69) is 12.2 Å². The number of thioether (sulfide) groups is 1. The molecular formula is C21H22N2O2S. The summed E-state index contributed by atoms with van der Waals surface area (Å²) in [6.45, 7) is 2.75. The van der Waals surface area contributed by atoms with E-state index in [1.54, 1.807) is 4.90 Å². The van der Waals surface area contributed by atoms with E-state index in [1.165, 1.54) is 11.8 Å². The lowest BCUT2D eigenvalue weighted by atomic mass is 10.2. The molecular weight excluding hydrogens is 344 g/mol. The number of anilines is 1. The highest BCUT2D eigenvalue weighted by atomic mass is 32.2. The minimum absolute atomic E-state index is 0.0340. The average molecular weight is 366 g/mol. The quantitative estimate of drug-likeness (QED) is 0.619. The Balaban J connectivity index is 1.86. The number of unbranched alkanes of at least 4 members (excludes halogenated alkanes) is 1. The number of rotatable bonds is 6. The zero-order chi connectivity index (χ0) is 18.4. The summed E-state index contributed by atoms with van der Waals surface area (Å²) in [5, 5.41) is 2.89. The third kappa shape index (κ3) is 4.35. The van der Waals surface area contributed by atoms with E-state index in [0.29, 0.717) is 11.4 Å². The van der Waals surface area contributed by atoms with Crippen molar-refractivity contribution < 1.29 is 9.59 Å². The number of carbonyl (C=O) groups excluding carboxylic acids is 2. The first-order valence-electron chi connectivity index (χ1n) is 8.81. The smallest absolute Gasteiger partial charge is 0.265 e. The molecule has 0 radical (unpaired) electrons. The van der Waals surface area contributed by atoms with Crippen molar-refractivity contribution in [1.29, 1.82) is 0 Å². The van der Waals surface area contributed by atoms with Crippen molar-refractivity contribution in [2.45, 2.75) is 24.7 Å². The number of fused-ring (bicyclic) bond motifs is 1. The van der Waals surface area contributed by atoms with Gasteiger partial charge in [0.2, 0.25) is 5.91 Å². The van der Waals surface area contributed by atoms with Crippen LogP contribution in [0.5, 0.6) is 0 Å². The molecule has 3 rings (SSSR count). The molecule has 4 nitrogen and oxygen atoms in total. The summed E-state index contributed by atoms with van der Waals surface area (Å²) in [5.41, 5.74) is 1.76. The van der Waals surface area contributed by atoms with Crippen molar-refractivity contribution >= 4 is 35.3 Å². The number of hydrogen-bond acceptors (Lipinski definition) is 3. The number of nitrogens with one attached hydrogen (secondary N) is 1. The minimum Gasteiger partial charge on any atom is -0.355 e. The van der Waals surface area contributed by atoms with Crippen molar-refractivity contribution in [1.82, 2.24) is 5.32 Å². The minimum atomic E-state index is -0.136. The first-order valence-corrected chi connectivity index (χ1v) is 9.63. The molecule has 0 fully saturated rings. The van der Waals surface area contributed by atoms with E-state index in [0.717, 1.165) is 29.0 Å². The molecule has 0 unspecified atom stereocenters. The van der Waals surface area contributed by atoms with Crippen LogP contribution >= 0.6 is 11.8 Å². The lowest BCUT2D eigenvalue weighted by molar-refractivity contribution is -0.122. The number of para-hydroxylation sites is 1. The van der Waals surface area contributed by atoms with Crippen molar-refractivity contribution in [2.75, 3.05) is 18.0 Å². The van der Waals surface area contributed by atoms with Gasteiger partial charge in [0.25, 0.3) is 5.91 Å². The molecule has 1 heterocycles. The predicted molar refractivity (Wildman–Crippen MR) is 107 cm³/mol. The Morgan fingerprint density at radius 2 is 1.85 bits per heavy atom. The SMILES string of the molecule is CCCCNC(=O)CN1C(=O)C(=Cc2ccccc2)Sc2ccccc21. The van der Waals surface area contributed by atoms with Crippen LogP contribution in [0.3, 0.4) is 0 Å². The highest BCUT2D eigenvalue weighted by Gasteiger charge is 2.30. The standard InChI is InChI=1S/C21H22N2O2S/c1-2-3-13-22-20(24)15-23-17-11-7-8-12-18(17)26-19(21(23)25)14-16-9-5-4-6-10-16/h4-12,14H,2-3,13,15H2,1H3,(H,22,24). The first kappa shape index (κ1) is 18.3. The zero-order valence-corrected chi connectivity index (χ0v) is 15.6. The van der Waals surface area contributed by atoms with Crippen LogP contribution in [0, 0.1) is 0 Å². The summed E-state index contributed by atoms with van der Waals surface area (Å²) in [6, 6.07) is 17.5. The van der Waals surface area contributed by atoms with Crippen LogP contribution in [0.4, 0.5) is 5.69 Å². The summed E-state index contributed by atoms with van der Waals surface area (Å²) in [6.07, 6.45) is 3.84. The maximum Gasteiger partial charge on any atom is 0.265 e. The van der Waals surface area contributed by atoms with Gasteiger partial charge in [-0.05, 0) is 30.2 Å². The van der Waals surface area contributed by atoms with Gasteiger partial charge in [0.05, 0.1) is 10.6 Å². The van der Waals surface area contributed by atoms with Crippen LogP contribution in [0.25, 0.3) is 6.08 Å². The maximum absolute atomic E-state index is 13.0.